The number of alkyl halides is 5. The van der Waals surface area contributed by atoms with Gasteiger partial charge in [0.05, 0.1) is 6.61 Å². The Hall–Kier alpha value is -0.390. The molecule has 1 nitrogen and oxygen atoms in total. The molecule has 0 aromatic carbocycles. The van der Waals surface area contributed by atoms with E-state index in [9.17, 15) is 27.1 Å². The van der Waals surface area contributed by atoms with Crippen LogP contribution in [0.5, 0.6) is 0 Å². The van der Waals surface area contributed by atoms with Crippen LogP contribution in [0.15, 0.2) is 0 Å². The van der Waals surface area contributed by atoms with Gasteiger partial charge in [0.15, 0.2) is 0 Å². The summed E-state index contributed by atoms with van der Waals surface area (Å²) in [4.78, 5) is 0. The minimum atomic E-state index is -5.59. The van der Waals surface area contributed by atoms with Crippen LogP contribution in [-0.4, -0.2) is 18.7 Å². The van der Waals surface area contributed by atoms with Crippen LogP contribution < -0.4 is 0 Å². The summed E-state index contributed by atoms with van der Waals surface area (Å²) in [6.45, 7) is -1.42. The van der Waals surface area contributed by atoms with E-state index in [0.29, 0.717) is 0 Å². The first-order valence-corrected chi connectivity index (χ1v) is 2.34. The van der Waals surface area contributed by atoms with Crippen LogP contribution in [0, 0.1) is 0 Å². The molecule has 0 aromatic heterocycles. The maximum absolute atomic E-state index is 11.6. The SMILES string of the molecule is [O]CCC(F)(F)C(F)(F)F. The molecule has 0 saturated carbocycles. The van der Waals surface area contributed by atoms with Crippen LogP contribution in [0.4, 0.5) is 22.0 Å². The van der Waals surface area contributed by atoms with Gasteiger partial charge in [0.2, 0.25) is 0 Å². The lowest BCUT2D eigenvalue weighted by Crippen LogP contribution is -2.36. The van der Waals surface area contributed by atoms with Crippen LogP contribution in [-0.2, 0) is 5.11 Å². The lowest BCUT2D eigenvalue weighted by molar-refractivity contribution is -0.287. The number of hydrogen-bond acceptors (Lipinski definition) is 0. The summed E-state index contributed by atoms with van der Waals surface area (Å²) in [6, 6.07) is 0. The maximum atomic E-state index is 11.6. The average molecular weight is 163 g/mol. The van der Waals surface area contributed by atoms with Crippen LogP contribution in [0.1, 0.15) is 6.42 Å². The second-order valence-electron chi connectivity index (χ2n) is 1.66. The van der Waals surface area contributed by atoms with Crippen molar-refractivity contribution >= 4 is 0 Å². The first kappa shape index (κ1) is 9.61. The van der Waals surface area contributed by atoms with Crippen molar-refractivity contribution in [1.29, 1.82) is 0 Å². The molecule has 0 heterocycles. The Labute approximate surface area is 53.5 Å². The monoisotopic (exact) mass is 163 g/mol. The topological polar surface area (TPSA) is 19.9 Å². The van der Waals surface area contributed by atoms with Crippen molar-refractivity contribution in [3.8, 4) is 0 Å². The van der Waals surface area contributed by atoms with Crippen LogP contribution in [0.2, 0.25) is 0 Å². The standard InChI is InChI=1S/C4H4F5O/c5-3(6,1-2-10)4(7,8)9/h1-2H2. The quantitative estimate of drug-likeness (QED) is 0.555. The molecule has 0 rings (SSSR count). The average Bonchev–Trinajstić information content (AvgIpc) is 1.61. The van der Waals surface area contributed by atoms with Gasteiger partial charge >= 0.3 is 12.1 Å². The van der Waals surface area contributed by atoms with Crippen LogP contribution in [0.3, 0.4) is 0 Å². The zero-order valence-electron chi connectivity index (χ0n) is 4.71. The molecule has 0 spiro atoms. The van der Waals surface area contributed by atoms with E-state index in [1.807, 2.05) is 0 Å². The molecule has 0 amide bonds. The Morgan fingerprint density at radius 1 is 1.00 bits per heavy atom. The molecule has 61 valence electrons. The zero-order chi connectivity index (χ0) is 8.41. The van der Waals surface area contributed by atoms with E-state index in [2.05, 4.69) is 0 Å². The fourth-order valence-corrected chi connectivity index (χ4v) is 0.270. The molecule has 0 bridgehead atoms. The van der Waals surface area contributed by atoms with Gasteiger partial charge in [-0.2, -0.15) is 22.0 Å². The van der Waals surface area contributed by atoms with Crippen molar-refractivity contribution in [2.24, 2.45) is 0 Å². The molecule has 0 N–H and O–H groups in total. The largest absolute Gasteiger partial charge is 0.453 e. The van der Waals surface area contributed by atoms with Crippen molar-refractivity contribution in [3.05, 3.63) is 0 Å². The normalized spacial score (nSPS) is 13.8. The first-order chi connectivity index (χ1) is 4.31. The van der Waals surface area contributed by atoms with E-state index in [1.165, 1.54) is 0 Å². The summed E-state index contributed by atoms with van der Waals surface area (Å²) in [5, 5.41) is 9.41. The molecular weight excluding hydrogens is 159 g/mol. The lowest BCUT2D eigenvalue weighted by Gasteiger charge is -2.17. The lowest BCUT2D eigenvalue weighted by atomic mass is 10.2. The van der Waals surface area contributed by atoms with Gasteiger partial charge in [-0.3, -0.25) is 0 Å². The predicted molar refractivity (Wildman–Crippen MR) is 21.2 cm³/mol. The van der Waals surface area contributed by atoms with Crippen molar-refractivity contribution in [1.82, 2.24) is 0 Å². The fraction of sp³-hybridized carbons (Fsp3) is 1.00. The summed E-state index contributed by atoms with van der Waals surface area (Å²) in [5.74, 6) is -4.82. The minimum Gasteiger partial charge on any atom is -0.236 e. The third-order valence-corrected chi connectivity index (χ3v) is 0.831. The van der Waals surface area contributed by atoms with Gasteiger partial charge in [-0.25, -0.2) is 5.11 Å². The molecule has 0 atom stereocenters. The Bertz CT molecular complexity index is 107. The molecule has 10 heavy (non-hydrogen) atoms. The van der Waals surface area contributed by atoms with Crippen molar-refractivity contribution < 1.29 is 27.1 Å². The molecule has 0 fully saturated rings. The van der Waals surface area contributed by atoms with Crippen molar-refractivity contribution in [2.45, 2.75) is 18.5 Å². The third kappa shape index (κ3) is 2.09. The van der Waals surface area contributed by atoms with E-state index in [4.69, 9.17) is 0 Å². The fourth-order valence-electron chi connectivity index (χ4n) is 0.270. The molecular formula is C4H4F5O. The van der Waals surface area contributed by atoms with E-state index < -0.39 is 25.1 Å². The summed E-state index contributed by atoms with van der Waals surface area (Å²) >= 11 is 0. The van der Waals surface area contributed by atoms with Gasteiger partial charge in [-0.05, 0) is 0 Å². The summed E-state index contributed by atoms with van der Waals surface area (Å²) in [5.41, 5.74) is 0. The number of halogens is 5. The highest BCUT2D eigenvalue weighted by molar-refractivity contribution is 4.74. The highest BCUT2D eigenvalue weighted by Gasteiger charge is 2.56. The molecule has 0 aliphatic rings. The smallest absolute Gasteiger partial charge is 0.236 e. The molecule has 6 heteroatoms. The van der Waals surface area contributed by atoms with Crippen LogP contribution in [0.25, 0.3) is 0 Å². The first-order valence-electron chi connectivity index (χ1n) is 2.34. The number of hydrogen-bond donors (Lipinski definition) is 0. The van der Waals surface area contributed by atoms with Crippen molar-refractivity contribution in [3.63, 3.8) is 0 Å². The van der Waals surface area contributed by atoms with Gasteiger partial charge in [0, 0.05) is 6.42 Å². The molecule has 1 radical (unpaired) electrons. The van der Waals surface area contributed by atoms with E-state index in [0.717, 1.165) is 0 Å². The predicted octanol–water partition coefficient (Wildman–Crippen LogP) is 2.00. The van der Waals surface area contributed by atoms with Gasteiger partial charge in [0.25, 0.3) is 0 Å². The summed E-state index contributed by atoms with van der Waals surface area (Å²) < 4.78 is 56.6. The highest BCUT2D eigenvalue weighted by Crippen LogP contribution is 2.37. The van der Waals surface area contributed by atoms with Crippen molar-refractivity contribution in [2.75, 3.05) is 6.61 Å². The van der Waals surface area contributed by atoms with E-state index in [-0.39, 0.29) is 0 Å². The van der Waals surface area contributed by atoms with E-state index >= 15 is 0 Å². The molecule has 0 saturated heterocycles. The highest BCUT2D eigenvalue weighted by atomic mass is 19.4. The zero-order valence-corrected chi connectivity index (χ0v) is 4.71. The molecule has 0 aliphatic heterocycles. The van der Waals surface area contributed by atoms with Gasteiger partial charge < -0.3 is 0 Å². The molecule has 0 aromatic rings. The van der Waals surface area contributed by atoms with Gasteiger partial charge in [0.1, 0.15) is 0 Å². The van der Waals surface area contributed by atoms with Crippen LogP contribution >= 0.6 is 0 Å². The van der Waals surface area contributed by atoms with E-state index in [1.54, 1.807) is 0 Å². The summed E-state index contributed by atoms with van der Waals surface area (Å²) in [6.07, 6.45) is -7.27. The molecule has 0 unspecified atom stereocenters. The second-order valence-corrected chi connectivity index (χ2v) is 1.66. The maximum Gasteiger partial charge on any atom is 0.453 e. The van der Waals surface area contributed by atoms with Gasteiger partial charge in [-0.1, -0.05) is 0 Å². The summed E-state index contributed by atoms with van der Waals surface area (Å²) in [7, 11) is 0. The third-order valence-electron chi connectivity index (χ3n) is 0.831. The Kier molecular flexibility index (Phi) is 2.59. The number of rotatable bonds is 2. The second kappa shape index (κ2) is 2.69. The Morgan fingerprint density at radius 3 is 1.50 bits per heavy atom. The minimum absolute atomic E-state index is 1.42. The Morgan fingerprint density at radius 2 is 1.40 bits per heavy atom. The molecule has 0 aliphatic carbocycles. The van der Waals surface area contributed by atoms with Gasteiger partial charge in [-0.15, -0.1) is 0 Å². The Balaban J connectivity index is 4.10.